The van der Waals surface area contributed by atoms with Crippen molar-refractivity contribution in [2.45, 2.75) is 18.3 Å². The highest BCUT2D eigenvalue weighted by molar-refractivity contribution is 7.88. The number of nitrogen functional groups attached to an aromatic ring is 1. The van der Waals surface area contributed by atoms with E-state index in [4.69, 9.17) is 10.5 Å². The minimum atomic E-state index is -3.42. The van der Waals surface area contributed by atoms with Gasteiger partial charge in [-0.15, -0.1) is 0 Å². The zero-order chi connectivity index (χ0) is 14.3. The van der Waals surface area contributed by atoms with Crippen LogP contribution in [0.25, 0.3) is 0 Å². The Morgan fingerprint density at radius 3 is 2.84 bits per heavy atom. The van der Waals surface area contributed by atoms with Crippen molar-refractivity contribution in [3.05, 3.63) is 29.8 Å². The van der Waals surface area contributed by atoms with Gasteiger partial charge in [0.05, 0.1) is 18.5 Å². The van der Waals surface area contributed by atoms with E-state index in [-0.39, 0.29) is 18.9 Å². The lowest BCUT2D eigenvalue weighted by Gasteiger charge is -2.10. The number of aliphatic hydroxyl groups is 1. The van der Waals surface area contributed by atoms with Crippen LogP contribution in [0.5, 0.6) is 0 Å². The summed E-state index contributed by atoms with van der Waals surface area (Å²) in [6, 6.07) is 6.74. The van der Waals surface area contributed by atoms with Crippen LogP contribution in [0.3, 0.4) is 0 Å². The van der Waals surface area contributed by atoms with Crippen LogP contribution in [-0.2, 0) is 20.5 Å². The van der Waals surface area contributed by atoms with Crippen LogP contribution in [0.1, 0.15) is 12.0 Å². The van der Waals surface area contributed by atoms with Gasteiger partial charge in [0.2, 0.25) is 10.0 Å². The van der Waals surface area contributed by atoms with Crippen LogP contribution >= 0.6 is 0 Å². The summed E-state index contributed by atoms with van der Waals surface area (Å²) in [5, 5.41) is 9.40. The van der Waals surface area contributed by atoms with Crippen LogP contribution < -0.4 is 10.5 Å². The van der Waals surface area contributed by atoms with Crippen molar-refractivity contribution in [3.8, 4) is 0 Å². The first kappa shape index (κ1) is 15.9. The third-order valence-corrected chi connectivity index (χ3v) is 3.82. The second-order valence-corrected chi connectivity index (χ2v) is 6.10. The molecule has 1 aromatic carbocycles. The first-order valence-corrected chi connectivity index (χ1v) is 7.57. The number of hydrogen-bond donors (Lipinski definition) is 3. The first-order valence-electron chi connectivity index (χ1n) is 5.91. The highest BCUT2D eigenvalue weighted by atomic mass is 32.2. The lowest BCUT2D eigenvalue weighted by molar-refractivity contribution is 0.0603. The number of nitrogens with two attached hydrogens (primary N) is 1. The van der Waals surface area contributed by atoms with Crippen LogP contribution in [0.2, 0.25) is 0 Å². The van der Waals surface area contributed by atoms with Gasteiger partial charge in [0.1, 0.15) is 0 Å². The second-order valence-electron chi connectivity index (χ2n) is 4.30. The molecule has 0 saturated carbocycles. The van der Waals surface area contributed by atoms with Gasteiger partial charge in [-0.05, 0) is 24.1 Å². The van der Waals surface area contributed by atoms with Gasteiger partial charge in [0, 0.05) is 19.3 Å². The zero-order valence-electron chi connectivity index (χ0n) is 10.9. The molecule has 108 valence electrons. The summed E-state index contributed by atoms with van der Waals surface area (Å²) in [6.07, 6.45) is -0.357. The predicted molar refractivity (Wildman–Crippen MR) is 74.0 cm³/mol. The van der Waals surface area contributed by atoms with E-state index in [1.165, 1.54) is 7.11 Å². The molecule has 0 aliphatic rings. The van der Waals surface area contributed by atoms with Gasteiger partial charge < -0.3 is 15.6 Å². The van der Waals surface area contributed by atoms with E-state index in [0.29, 0.717) is 17.7 Å². The number of sulfonamides is 1. The number of anilines is 1. The molecule has 7 heteroatoms. The monoisotopic (exact) mass is 288 g/mol. The summed E-state index contributed by atoms with van der Waals surface area (Å²) in [4.78, 5) is 0. The third-order valence-electron chi connectivity index (χ3n) is 2.47. The number of ether oxygens (including phenoxy) is 1. The normalized spacial score (nSPS) is 13.4. The zero-order valence-corrected chi connectivity index (χ0v) is 11.7. The lowest BCUT2D eigenvalue weighted by atomic mass is 10.2. The standard InChI is InChI=1S/C12H20N2O4S/c1-18-8-12(15)5-6-14-19(16,17)9-10-3-2-4-11(13)7-10/h2-4,7,12,14-15H,5-6,8-9,13H2,1H3. The van der Waals surface area contributed by atoms with E-state index in [9.17, 15) is 13.5 Å². The summed E-state index contributed by atoms with van der Waals surface area (Å²) >= 11 is 0. The summed E-state index contributed by atoms with van der Waals surface area (Å²) in [6.45, 7) is 0.367. The molecule has 0 fully saturated rings. The van der Waals surface area contributed by atoms with Crippen molar-refractivity contribution >= 4 is 15.7 Å². The van der Waals surface area contributed by atoms with E-state index in [0.717, 1.165) is 0 Å². The van der Waals surface area contributed by atoms with Gasteiger partial charge in [0.15, 0.2) is 0 Å². The maximum atomic E-state index is 11.8. The molecule has 0 radical (unpaired) electrons. The van der Waals surface area contributed by atoms with E-state index in [2.05, 4.69) is 4.72 Å². The fourth-order valence-corrected chi connectivity index (χ4v) is 2.76. The Bertz CT molecular complexity index is 490. The average molecular weight is 288 g/mol. The van der Waals surface area contributed by atoms with Crippen LogP contribution in [0.15, 0.2) is 24.3 Å². The Balaban J connectivity index is 2.44. The smallest absolute Gasteiger partial charge is 0.215 e. The Morgan fingerprint density at radius 2 is 2.21 bits per heavy atom. The summed E-state index contributed by atoms with van der Waals surface area (Å²) < 4.78 is 30.8. The number of methoxy groups -OCH3 is 1. The van der Waals surface area contributed by atoms with Crippen LogP contribution in [-0.4, -0.2) is 39.9 Å². The van der Waals surface area contributed by atoms with Gasteiger partial charge >= 0.3 is 0 Å². The fraction of sp³-hybridized carbons (Fsp3) is 0.500. The van der Waals surface area contributed by atoms with Gasteiger partial charge in [-0.1, -0.05) is 12.1 Å². The minimum Gasteiger partial charge on any atom is -0.399 e. The van der Waals surface area contributed by atoms with E-state index in [1.807, 2.05) is 0 Å². The third kappa shape index (κ3) is 6.53. The molecule has 0 heterocycles. The van der Waals surface area contributed by atoms with Crippen LogP contribution in [0.4, 0.5) is 5.69 Å². The lowest BCUT2D eigenvalue weighted by Crippen LogP contribution is -2.29. The fourth-order valence-electron chi connectivity index (χ4n) is 1.61. The maximum absolute atomic E-state index is 11.8. The Morgan fingerprint density at radius 1 is 1.47 bits per heavy atom. The van der Waals surface area contributed by atoms with Crippen molar-refractivity contribution < 1.29 is 18.3 Å². The summed E-state index contributed by atoms with van der Waals surface area (Å²) in [7, 11) is -1.94. The highest BCUT2D eigenvalue weighted by Gasteiger charge is 2.12. The molecule has 0 amide bonds. The number of rotatable bonds is 8. The molecule has 0 aromatic heterocycles. The molecule has 19 heavy (non-hydrogen) atoms. The summed E-state index contributed by atoms with van der Waals surface area (Å²) in [5.74, 6) is -0.127. The minimum absolute atomic E-state index is 0.127. The van der Waals surface area contributed by atoms with Crippen molar-refractivity contribution in [2.75, 3.05) is 26.0 Å². The molecule has 4 N–H and O–H groups in total. The Kier molecular flexibility index (Phi) is 6.23. The average Bonchev–Trinajstić information content (AvgIpc) is 2.28. The van der Waals surface area contributed by atoms with Gasteiger partial charge in [-0.2, -0.15) is 0 Å². The molecular weight excluding hydrogens is 268 g/mol. The molecule has 0 spiro atoms. The predicted octanol–water partition coefficient (Wildman–Crippen LogP) is 0.0856. The number of aliphatic hydroxyl groups excluding tert-OH is 1. The van der Waals surface area contributed by atoms with Crippen LogP contribution in [0, 0.1) is 0 Å². The van der Waals surface area contributed by atoms with Crippen molar-refractivity contribution in [3.63, 3.8) is 0 Å². The SMILES string of the molecule is COCC(O)CCNS(=O)(=O)Cc1cccc(N)c1. The molecule has 0 aliphatic carbocycles. The van der Waals surface area contributed by atoms with E-state index in [1.54, 1.807) is 24.3 Å². The van der Waals surface area contributed by atoms with Gasteiger partial charge in [-0.25, -0.2) is 13.1 Å². The maximum Gasteiger partial charge on any atom is 0.215 e. The van der Waals surface area contributed by atoms with Crippen molar-refractivity contribution in [1.82, 2.24) is 4.72 Å². The van der Waals surface area contributed by atoms with Crippen molar-refractivity contribution in [1.29, 1.82) is 0 Å². The quantitative estimate of drug-likeness (QED) is 0.588. The number of hydrogen-bond acceptors (Lipinski definition) is 5. The molecule has 0 saturated heterocycles. The first-order chi connectivity index (χ1) is 8.93. The van der Waals surface area contributed by atoms with Crippen molar-refractivity contribution in [2.24, 2.45) is 0 Å². The molecule has 0 aliphatic heterocycles. The van der Waals surface area contributed by atoms with E-state index < -0.39 is 16.1 Å². The topological polar surface area (TPSA) is 102 Å². The Labute approximate surface area is 113 Å². The number of nitrogens with one attached hydrogen (secondary N) is 1. The molecule has 1 aromatic rings. The molecule has 6 nitrogen and oxygen atoms in total. The molecular formula is C12H20N2O4S. The second kappa shape index (κ2) is 7.44. The largest absolute Gasteiger partial charge is 0.399 e. The van der Waals surface area contributed by atoms with Gasteiger partial charge in [0.25, 0.3) is 0 Å². The highest BCUT2D eigenvalue weighted by Crippen LogP contribution is 2.09. The Hall–Kier alpha value is -1.15. The van der Waals surface area contributed by atoms with Gasteiger partial charge in [-0.3, -0.25) is 0 Å². The molecule has 0 bridgehead atoms. The number of benzene rings is 1. The summed E-state index contributed by atoms with van der Waals surface area (Å²) in [5.41, 5.74) is 6.75. The molecule has 1 atom stereocenters. The molecule has 1 unspecified atom stereocenters. The molecule has 1 rings (SSSR count). The van der Waals surface area contributed by atoms with E-state index >= 15 is 0 Å².